The molecule has 52 heavy (non-hydrogen) atoms. The van der Waals surface area contributed by atoms with Gasteiger partial charge in [-0.2, -0.15) is 0 Å². The quantitative estimate of drug-likeness (QED) is 0.226. The Morgan fingerprint density at radius 2 is 1.62 bits per heavy atom. The molecule has 1 aromatic heterocycles. The lowest BCUT2D eigenvalue weighted by molar-refractivity contribution is -0.125. The van der Waals surface area contributed by atoms with Crippen molar-refractivity contribution in [3.05, 3.63) is 53.6 Å². The van der Waals surface area contributed by atoms with Gasteiger partial charge in [0.2, 0.25) is 5.91 Å². The monoisotopic (exact) mass is 715 g/mol. The summed E-state index contributed by atoms with van der Waals surface area (Å²) in [6.45, 7) is 18.6. The maximum Gasteiger partial charge on any atom is 0.328 e. The maximum atomic E-state index is 13.9. The number of imide groups is 1. The maximum absolute atomic E-state index is 13.9. The first-order valence-electron chi connectivity index (χ1n) is 18.8. The number of hydrogen-bond donors (Lipinski definition) is 4. The van der Waals surface area contributed by atoms with Crippen molar-refractivity contribution in [1.29, 1.82) is 0 Å². The fourth-order valence-corrected chi connectivity index (χ4v) is 9.16. The second kappa shape index (κ2) is 14.5. The Balaban J connectivity index is 1.01. The normalized spacial score (nSPS) is 22.2. The Labute approximate surface area is 307 Å². The predicted molar refractivity (Wildman–Crippen MR) is 203 cm³/mol. The number of benzene rings is 1. The summed E-state index contributed by atoms with van der Waals surface area (Å²) < 4.78 is 2.11. The van der Waals surface area contributed by atoms with Gasteiger partial charge in [-0.25, -0.2) is 4.79 Å². The molecule has 0 radical (unpaired) electrons. The highest BCUT2D eigenvalue weighted by Crippen LogP contribution is 2.53. The summed E-state index contributed by atoms with van der Waals surface area (Å²) in [5.41, 5.74) is 14.9. The molecule has 6 N–H and O–H groups in total. The van der Waals surface area contributed by atoms with Crippen molar-refractivity contribution < 1.29 is 19.2 Å². The Morgan fingerprint density at radius 1 is 0.942 bits per heavy atom. The number of piperidine rings is 1. The molecule has 3 saturated heterocycles. The van der Waals surface area contributed by atoms with Gasteiger partial charge in [-0.15, -0.1) is 0 Å². The minimum atomic E-state index is -0.462. The van der Waals surface area contributed by atoms with Crippen LogP contribution in [0.25, 0.3) is 10.9 Å². The average Bonchev–Trinajstić information content (AvgIpc) is 3.53. The van der Waals surface area contributed by atoms with Crippen molar-refractivity contribution in [2.75, 3.05) is 57.3 Å². The standard InChI is InChI=1S/C39H57N9O4/c1-25(2)47-15-11-28-30(47)21-27(22-31(28)48-16-12-33(49)42-37(48)52)35(51)46-19-17-44(18-20-46)23-26-9-13-45(14-10-26)32(41)8-7-29(40)34(50)43-36-38(3,4)24-39(36,5)6/h7-8,11,15,21-22,25-26,36H,9-10,12-14,16-20,23-24,40-41H2,1-6H3,(H,43,50)(H,42,49,52)/b29-7-,32-8+. The molecule has 2 aromatic rings. The number of nitrogens with two attached hydrogens (primary N) is 2. The molecule has 1 saturated carbocycles. The molecule has 13 heteroatoms. The van der Waals surface area contributed by atoms with E-state index in [0.717, 1.165) is 62.9 Å². The van der Waals surface area contributed by atoms with Crippen LogP contribution in [0.1, 0.15) is 83.6 Å². The first kappa shape index (κ1) is 37.2. The number of carbonyl (C=O) groups is 4. The first-order chi connectivity index (χ1) is 24.5. The van der Waals surface area contributed by atoms with Crippen LogP contribution in [0.4, 0.5) is 10.5 Å². The summed E-state index contributed by atoms with van der Waals surface area (Å²) in [6, 6.07) is 5.49. The van der Waals surface area contributed by atoms with Gasteiger partial charge in [0, 0.05) is 88.0 Å². The molecule has 6 rings (SSSR count). The zero-order valence-electron chi connectivity index (χ0n) is 31.7. The van der Waals surface area contributed by atoms with Crippen LogP contribution >= 0.6 is 0 Å². The molecule has 13 nitrogen and oxygen atoms in total. The number of piperazine rings is 1. The molecule has 4 aliphatic rings. The van der Waals surface area contributed by atoms with E-state index >= 15 is 0 Å². The molecular weight excluding hydrogens is 658 g/mol. The van der Waals surface area contributed by atoms with Crippen LogP contribution in [0.5, 0.6) is 0 Å². The van der Waals surface area contributed by atoms with Crippen molar-refractivity contribution in [1.82, 2.24) is 29.9 Å². The van der Waals surface area contributed by atoms with E-state index < -0.39 is 6.03 Å². The summed E-state index contributed by atoms with van der Waals surface area (Å²) >= 11 is 0. The van der Waals surface area contributed by atoms with E-state index in [4.69, 9.17) is 11.5 Å². The second-order valence-corrected chi connectivity index (χ2v) is 16.8. The third-order valence-electron chi connectivity index (χ3n) is 11.6. The lowest BCUT2D eigenvalue weighted by Crippen LogP contribution is -2.63. The molecule has 0 bridgehead atoms. The fourth-order valence-electron chi connectivity index (χ4n) is 9.16. The van der Waals surface area contributed by atoms with Crippen LogP contribution in [-0.4, -0.2) is 101 Å². The van der Waals surface area contributed by atoms with Crippen molar-refractivity contribution >= 4 is 40.3 Å². The predicted octanol–water partition coefficient (Wildman–Crippen LogP) is 3.72. The van der Waals surface area contributed by atoms with Crippen LogP contribution in [0.2, 0.25) is 0 Å². The largest absolute Gasteiger partial charge is 0.394 e. The van der Waals surface area contributed by atoms with Gasteiger partial charge < -0.3 is 31.2 Å². The fraction of sp³-hybridized carbons (Fsp3) is 0.590. The first-order valence-corrected chi connectivity index (χ1v) is 18.8. The molecule has 3 aliphatic heterocycles. The summed E-state index contributed by atoms with van der Waals surface area (Å²) in [5, 5.41) is 6.42. The number of amides is 5. The third-order valence-corrected chi connectivity index (χ3v) is 11.6. The van der Waals surface area contributed by atoms with E-state index in [2.05, 4.69) is 66.5 Å². The highest BCUT2D eigenvalue weighted by Gasteiger charge is 2.53. The molecule has 282 valence electrons. The Kier molecular flexibility index (Phi) is 10.4. The van der Waals surface area contributed by atoms with Crippen LogP contribution in [0.3, 0.4) is 0 Å². The number of rotatable bonds is 9. The topological polar surface area (TPSA) is 162 Å². The van der Waals surface area contributed by atoms with Gasteiger partial charge in [-0.05, 0) is 80.2 Å². The van der Waals surface area contributed by atoms with Crippen LogP contribution < -0.4 is 27.0 Å². The molecule has 1 aromatic carbocycles. The van der Waals surface area contributed by atoms with Crippen molar-refractivity contribution in [3.8, 4) is 0 Å². The van der Waals surface area contributed by atoms with Crippen LogP contribution in [0, 0.1) is 16.7 Å². The van der Waals surface area contributed by atoms with E-state index in [-0.39, 0.29) is 59.3 Å². The zero-order chi connectivity index (χ0) is 37.5. The van der Waals surface area contributed by atoms with Crippen molar-refractivity contribution in [3.63, 3.8) is 0 Å². The number of likely N-dealkylation sites (tertiary alicyclic amines) is 1. The van der Waals surface area contributed by atoms with Gasteiger partial charge in [0.15, 0.2) is 0 Å². The number of allylic oxidation sites excluding steroid dienone is 2. The summed E-state index contributed by atoms with van der Waals surface area (Å²) in [5.74, 6) is 0.548. The number of carbonyl (C=O) groups excluding carboxylic acids is 4. The van der Waals surface area contributed by atoms with E-state index in [9.17, 15) is 19.2 Å². The molecule has 5 amide bonds. The SMILES string of the molecule is CC(C)n1ccc2c(N3CCC(=O)NC3=O)cc(C(=O)N3CCN(CC4CCN(/C(N)=C/C=C(\N)C(=O)NC5C(C)(C)CC5(C)C)CC4)CC3)cc21. The number of hydrogen-bond acceptors (Lipinski definition) is 8. The van der Waals surface area contributed by atoms with Gasteiger partial charge in [-0.3, -0.25) is 29.5 Å². The number of anilines is 1. The highest BCUT2D eigenvalue weighted by atomic mass is 16.2. The Morgan fingerprint density at radius 3 is 2.23 bits per heavy atom. The minimum absolute atomic E-state index is 0.0457. The van der Waals surface area contributed by atoms with E-state index in [1.165, 1.54) is 0 Å². The Hall–Kier alpha value is -4.52. The highest BCUT2D eigenvalue weighted by molar-refractivity contribution is 6.11. The number of aromatic nitrogens is 1. The number of urea groups is 1. The molecule has 0 atom stereocenters. The van der Waals surface area contributed by atoms with Gasteiger partial charge in [0.1, 0.15) is 0 Å². The van der Waals surface area contributed by atoms with Gasteiger partial charge in [0.05, 0.1) is 22.7 Å². The van der Waals surface area contributed by atoms with Crippen LogP contribution in [-0.2, 0) is 9.59 Å². The molecule has 4 fully saturated rings. The van der Waals surface area contributed by atoms with E-state index in [1.807, 2.05) is 23.2 Å². The molecular formula is C39H57N9O4. The van der Waals surface area contributed by atoms with Gasteiger partial charge in [-0.1, -0.05) is 27.7 Å². The lowest BCUT2D eigenvalue weighted by Gasteiger charge is -2.57. The second-order valence-electron chi connectivity index (χ2n) is 16.8. The summed E-state index contributed by atoms with van der Waals surface area (Å²) in [7, 11) is 0. The van der Waals surface area contributed by atoms with Crippen LogP contribution in [0.15, 0.2) is 48.1 Å². The Bertz CT molecular complexity index is 1760. The van der Waals surface area contributed by atoms with Crippen molar-refractivity contribution in [2.24, 2.45) is 28.2 Å². The smallest absolute Gasteiger partial charge is 0.328 e. The summed E-state index contributed by atoms with van der Waals surface area (Å²) in [4.78, 5) is 59.5. The average molecular weight is 716 g/mol. The summed E-state index contributed by atoms with van der Waals surface area (Å²) in [6.07, 6.45) is 8.62. The molecule has 0 spiro atoms. The molecule has 0 unspecified atom stereocenters. The van der Waals surface area contributed by atoms with Crippen molar-refractivity contribution in [2.45, 2.75) is 79.3 Å². The van der Waals surface area contributed by atoms with E-state index in [0.29, 0.717) is 36.1 Å². The number of fused-ring (bicyclic) bond motifs is 1. The number of nitrogens with zero attached hydrogens (tertiary/aromatic N) is 5. The third kappa shape index (κ3) is 7.65. The van der Waals surface area contributed by atoms with E-state index in [1.54, 1.807) is 23.1 Å². The number of nitrogens with one attached hydrogen (secondary N) is 2. The molecule has 1 aliphatic carbocycles. The molecule has 4 heterocycles. The van der Waals surface area contributed by atoms with Gasteiger partial charge >= 0.3 is 6.03 Å². The zero-order valence-corrected chi connectivity index (χ0v) is 31.7. The lowest BCUT2D eigenvalue weighted by atomic mass is 9.52. The minimum Gasteiger partial charge on any atom is -0.394 e. The van der Waals surface area contributed by atoms with Gasteiger partial charge in [0.25, 0.3) is 11.8 Å².